The summed E-state index contributed by atoms with van der Waals surface area (Å²) in [7, 11) is 0. The molecular weight excluding hydrogens is 375 g/mol. The summed E-state index contributed by atoms with van der Waals surface area (Å²) < 4.78 is 14.6. The Bertz CT molecular complexity index is 933. The van der Waals surface area contributed by atoms with Crippen molar-refractivity contribution >= 4 is 17.3 Å². The first-order valence-electron chi connectivity index (χ1n) is 9.37. The molecule has 1 aliphatic heterocycles. The molecule has 28 heavy (non-hydrogen) atoms. The number of nitrogens with zero attached hydrogens (tertiary/aromatic N) is 2. The smallest absolute Gasteiger partial charge is 0.150 e. The van der Waals surface area contributed by atoms with Crippen molar-refractivity contribution < 1.29 is 9.50 Å². The van der Waals surface area contributed by atoms with Gasteiger partial charge in [-0.1, -0.05) is 54.1 Å². The fourth-order valence-corrected chi connectivity index (χ4v) is 3.94. The average Bonchev–Trinajstić information content (AvgIpc) is 2.70. The highest BCUT2D eigenvalue weighted by atomic mass is 35.5. The van der Waals surface area contributed by atoms with Crippen molar-refractivity contribution in [2.24, 2.45) is 0 Å². The number of phenolic OH excluding ortho intramolecular Hbond substituents is 1. The lowest BCUT2D eigenvalue weighted by Crippen LogP contribution is -2.48. The molecule has 5 heteroatoms. The molecule has 144 valence electrons. The van der Waals surface area contributed by atoms with Gasteiger partial charge in [0.05, 0.1) is 11.7 Å². The molecule has 0 spiro atoms. The summed E-state index contributed by atoms with van der Waals surface area (Å²) >= 11 is 6.07. The van der Waals surface area contributed by atoms with Gasteiger partial charge in [0.2, 0.25) is 0 Å². The van der Waals surface area contributed by atoms with Gasteiger partial charge in [-0.2, -0.15) is 0 Å². The van der Waals surface area contributed by atoms with E-state index in [0.29, 0.717) is 17.3 Å². The minimum atomic E-state index is -0.407. The second-order valence-electron chi connectivity index (χ2n) is 7.12. The molecule has 1 N–H and O–H groups in total. The number of hydrogen-bond acceptors (Lipinski definition) is 3. The molecule has 1 unspecified atom stereocenters. The Labute approximate surface area is 169 Å². The van der Waals surface area contributed by atoms with Gasteiger partial charge in [0.15, 0.2) is 0 Å². The maximum atomic E-state index is 14.6. The van der Waals surface area contributed by atoms with Crippen LogP contribution in [-0.4, -0.2) is 29.6 Å². The van der Waals surface area contributed by atoms with E-state index in [4.69, 9.17) is 11.6 Å². The molecule has 3 aromatic carbocycles. The van der Waals surface area contributed by atoms with Crippen molar-refractivity contribution in [1.82, 2.24) is 4.90 Å². The Morgan fingerprint density at radius 3 is 2.43 bits per heavy atom. The average molecular weight is 397 g/mol. The number of halogens is 2. The predicted molar refractivity (Wildman–Crippen MR) is 111 cm³/mol. The maximum absolute atomic E-state index is 14.6. The van der Waals surface area contributed by atoms with Crippen molar-refractivity contribution in [2.75, 3.05) is 24.5 Å². The summed E-state index contributed by atoms with van der Waals surface area (Å²) in [5.74, 6) is -0.470. The summed E-state index contributed by atoms with van der Waals surface area (Å²) in [5, 5.41) is 10.3. The van der Waals surface area contributed by atoms with Gasteiger partial charge in [0, 0.05) is 37.3 Å². The van der Waals surface area contributed by atoms with Gasteiger partial charge < -0.3 is 10.0 Å². The highest BCUT2D eigenvalue weighted by Gasteiger charge is 2.30. The van der Waals surface area contributed by atoms with E-state index in [1.54, 1.807) is 6.07 Å². The lowest BCUT2D eigenvalue weighted by molar-refractivity contribution is 0.215. The summed E-state index contributed by atoms with van der Waals surface area (Å²) in [6.45, 7) is 3.16. The zero-order chi connectivity index (χ0) is 19.5. The van der Waals surface area contributed by atoms with Crippen molar-refractivity contribution in [1.29, 1.82) is 0 Å². The summed E-state index contributed by atoms with van der Waals surface area (Å²) in [4.78, 5) is 4.48. The molecule has 0 aliphatic carbocycles. The number of benzene rings is 3. The molecular formula is C23H22ClFN2O. The second kappa shape index (κ2) is 8.21. The van der Waals surface area contributed by atoms with Crippen LogP contribution in [0.15, 0.2) is 72.8 Å². The third kappa shape index (κ3) is 4.13. The molecule has 0 saturated carbocycles. The Balaban J connectivity index is 1.63. The van der Waals surface area contributed by atoms with Crippen LogP contribution in [0.4, 0.5) is 10.1 Å². The fraction of sp³-hybridized carbons (Fsp3) is 0.217. The first kappa shape index (κ1) is 18.8. The largest absolute Gasteiger partial charge is 0.508 e. The summed E-state index contributed by atoms with van der Waals surface area (Å²) in [6, 6.07) is 22.5. The van der Waals surface area contributed by atoms with Gasteiger partial charge in [-0.3, -0.25) is 4.90 Å². The van der Waals surface area contributed by atoms with Crippen LogP contribution in [0.3, 0.4) is 0 Å². The molecule has 1 aliphatic rings. The summed E-state index contributed by atoms with van der Waals surface area (Å²) in [5.41, 5.74) is 2.87. The van der Waals surface area contributed by atoms with Crippen LogP contribution >= 0.6 is 11.6 Å². The first-order chi connectivity index (χ1) is 13.6. The van der Waals surface area contributed by atoms with Crippen molar-refractivity contribution in [3.8, 4) is 5.75 Å². The third-order valence-electron chi connectivity index (χ3n) is 5.21. The number of phenols is 1. The van der Waals surface area contributed by atoms with Gasteiger partial charge in [-0.15, -0.1) is 0 Å². The van der Waals surface area contributed by atoms with Gasteiger partial charge in [-0.05, 0) is 35.4 Å². The molecule has 4 rings (SSSR count). The number of rotatable bonds is 4. The molecule has 3 aromatic rings. The molecule has 1 atom stereocenters. The van der Waals surface area contributed by atoms with E-state index < -0.39 is 5.82 Å². The topological polar surface area (TPSA) is 26.7 Å². The fourth-order valence-electron chi connectivity index (χ4n) is 3.81. The zero-order valence-electron chi connectivity index (χ0n) is 15.4. The molecule has 1 heterocycles. The van der Waals surface area contributed by atoms with Gasteiger partial charge in [-0.25, -0.2) is 4.39 Å². The van der Waals surface area contributed by atoms with Gasteiger partial charge in [0.1, 0.15) is 11.6 Å². The lowest BCUT2D eigenvalue weighted by Gasteiger charge is -2.43. The number of aromatic hydroxyl groups is 1. The lowest BCUT2D eigenvalue weighted by atomic mass is 10.0. The minimum absolute atomic E-state index is 0.00577. The third-order valence-corrected chi connectivity index (χ3v) is 5.46. The SMILES string of the molecule is Oc1ccc(N2CCN(Cc3ccccc3)CC2c2ccc(Cl)cc2)c(F)c1. The Kier molecular flexibility index (Phi) is 5.51. The second-order valence-corrected chi connectivity index (χ2v) is 7.55. The standard InChI is InChI=1S/C23H22ClFN2O/c24-19-8-6-18(7-9-19)23-16-26(15-17-4-2-1-3-5-17)12-13-27(23)22-11-10-20(28)14-21(22)25/h1-11,14,23,28H,12-13,15-16H2. The van der Waals surface area contributed by atoms with E-state index in [-0.39, 0.29) is 11.8 Å². The molecule has 3 nitrogen and oxygen atoms in total. The van der Waals surface area contributed by atoms with E-state index in [1.165, 1.54) is 17.7 Å². The van der Waals surface area contributed by atoms with Crippen LogP contribution in [-0.2, 0) is 6.54 Å². The number of anilines is 1. The molecule has 0 aromatic heterocycles. The van der Waals surface area contributed by atoms with Crippen LogP contribution in [0.2, 0.25) is 5.02 Å². The Morgan fingerprint density at radius 2 is 1.71 bits per heavy atom. The normalized spacial score (nSPS) is 17.6. The summed E-state index contributed by atoms with van der Waals surface area (Å²) in [6.07, 6.45) is 0. The van der Waals surface area contributed by atoms with E-state index >= 15 is 0 Å². The van der Waals surface area contributed by atoms with Gasteiger partial charge >= 0.3 is 0 Å². The highest BCUT2D eigenvalue weighted by molar-refractivity contribution is 6.30. The molecule has 0 bridgehead atoms. The number of hydrogen-bond donors (Lipinski definition) is 1. The minimum Gasteiger partial charge on any atom is -0.508 e. The van der Waals surface area contributed by atoms with Crippen LogP contribution < -0.4 is 4.90 Å². The molecule has 0 amide bonds. The van der Waals surface area contributed by atoms with Crippen LogP contribution in [0.1, 0.15) is 17.2 Å². The molecule has 1 fully saturated rings. The molecule has 0 radical (unpaired) electrons. The van der Waals surface area contributed by atoms with Gasteiger partial charge in [0.25, 0.3) is 0 Å². The van der Waals surface area contributed by atoms with E-state index in [1.807, 2.05) is 42.5 Å². The van der Waals surface area contributed by atoms with Crippen LogP contribution in [0.25, 0.3) is 0 Å². The van der Waals surface area contributed by atoms with Crippen molar-refractivity contribution in [3.05, 3.63) is 94.8 Å². The van der Waals surface area contributed by atoms with E-state index in [0.717, 1.165) is 25.2 Å². The van der Waals surface area contributed by atoms with Crippen molar-refractivity contribution in [2.45, 2.75) is 12.6 Å². The Hall–Kier alpha value is -2.56. The zero-order valence-corrected chi connectivity index (χ0v) is 16.2. The monoisotopic (exact) mass is 396 g/mol. The van der Waals surface area contributed by atoms with Crippen molar-refractivity contribution in [3.63, 3.8) is 0 Å². The predicted octanol–water partition coefficient (Wildman–Crippen LogP) is 5.25. The number of piperazine rings is 1. The van der Waals surface area contributed by atoms with Crippen LogP contribution in [0, 0.1) is 5.82 Å². The molecule has 1 saturated heterocycles. The van der Waals surface area contributed by atoms with Crippen LogP contribution in [0.5, 0.6) is 5.75 Å². The maximum Gasteiger partial charge on any atom is 0.150 e. The Morgan fingerprint density at radius 1 is 0.964 bits per heavy atom. The van der Waals surface area contributed by atoms with E-state index in [9.17, 15) is 9.50 Å². The van der Waals surface area contributed by atoms with E-state index in [2.05, 4.69) is 21.9 Å². The highest BCUT2D eigenvalue weighted by Crippen LogP contribution is 2.34. The first-order valence-corrected chi connectivity index (χ1v) is 9.75. The quantitative estimate of drug-likeness (QED) is 0.652.